The number of carbonyl (C=O) groups is 1. The van der Waals surface area contributed by atoms with Crippen molar-refractivity contribution in [2.75, 3.05) is 0 Å². The van der Waals surface area contributed by atoms with E-state index in [0.29, 0.717) is 0 Å². The Morgan fingerprint density at radius 2 is 1.31 bits per heavy atom. The van der Waals surface area contributed by atoms with Gasteiger partial charge < -0.3 is 4.74 Å². The van der Waals surface area contributed by atoms with Gasteiger partial charge in [-0.3, -0.25) is 4.79 Å². The van der Waals surface area contributed by atoms with Gasteiger partial charge in [-0.25, -0.2) is 0 Å². The monoisotopic (exact) mass is 468 g/mol. The molecule has 3 atom stereocenters. The Labute approximate surface area is 212 Å². The highest BCUT2D eigenvalue weighted by molar-refractivity contribution is 6.19. The Hall–Kier alpha value is -3.91. The average Bonchev–Trinajstić information content (AvgIpc) is 3.49. The van der Waals surface area contributed by atoms with Crippen LogP contribution in [0.5, 0.6) is 0 Å². The van der Waals surface area contributed by atoms with Crippen LogP contribution in [0.2, 0.25) is 0 Å². The van der Waals surface area contributed by atoms with Gasteiger partial charge in [0.25, 0.3) is 0 Å². The second-order valence-electron chi connectivity index (χ2n) is 11.2. The molecule has 0 saturated heterocycles. The van der Waals surface area contributed by atoms with Gasteiger partial charge in [0.15, 0.2) is 5.78 Å². The van der Waals surface area contributed by atoms with Gasteiger partial charge in [0.05, 0.1) is 0 Å². The molecular weight excluding hydrogens is 440 g/mol. The third kappa shape index (κ3) is 2.26. The van der Waals surface area contributed by atoms with Crippen molar-refractivity contribution in [3.8, 4) is 0 Å². The van der Waals surface area contributed by atoms with E-state index in [1.54, 1.807) is 0 Å². The van der Waals surface area contributed by atoms with Crippen LogP contribution >= 0.6 is 0 Å². The van der Waals surface area contributed by atoms with Crippen LogP contribution in [0.25, 0.3) is 11.3 Å². The quantitative estimate of drug-likeness (QED) is 0.286. The fourth-order valence-electron chi connectivity index (χ4n) is 7.68. The number of Topliss-reactive ketones (excluding diaryl/α,β-unsaturated/α-hetero) is 1. The molecule has 0 spiro atoms. The first kappa shape index (κ1) is 21.4. The molecule has 4 aromatic rings. The van der Waals surface area contributed by atoms with Crippen LogP contribution in [0.3, 0.4) is 0 Å². The summed E-state index contributed by atoms with van der Waals surface area (Å²) in [5.41, 5.74) is 5.69. The van der Waals surface area contributed by atoms with Crippen LogP contribution in [-0.4, -0.2) is 5.78 Å². The Morgan fingerprint density at radius 3 is 2.00 bits per heavy atom. The molecule has 1 aliphatic heterocycles. The van der Waals surface area contributed by atoms with E-state index in [1.165, 1.54) is 11.1 Å². The Balaban J connectivity index is 1.71. The second-order valence-corrected chi connectivity index (χ2v) is 11.2. The predicted octanol–water partition coefficient (Wildman–Crippen LogP) is 7.85. The minimum absolute atomic E-state index is 0.136. The molecule has 7 rings (SSSR count). The van der Waals surface area contributed by atoms with E-state index in [9.17, 15) is 0 Å². The number of fused-ring (bicyclic) bond motifs is 6. The van der Waals surface area contributed by atoms with Gasteiger partial charge in [-0.2, -0.15) is 0 Å². The van der Waals surface area contributed by atoms with E-state index in [4.69, 9.17) is 4.74 Å². The number of hydrogen-bond acceptors (Lipinski definition) is 2. The first-order valence-electron chi connectivity index (χ1n) is 12.7. The van der Waals surface area contributed by atoms with Crippen LogP contribution in [0, 0.1) is 10.8 Å². The van der Waals surface area contributed by atoms with Crippen molar-refractivity contribution in [1.29, 1.82) is 0 Å². The van der Waals surface area contributed by atoms with Crippen molar-refractivity contribution in [2.24, 2.45) is 10.8 Å². The fraction of sp³-hybridized carbons (Fsp3) is 0.206. The number of ether oxygens (including phenoxy) is 1. The number of ketones is 1. The lowest BCUT2D eigenvalue weighted by Gasteiger charge is -2.50. The normalized spacial score (nSPS) is 25.2. The number of hydrogen-bond donors (Lipinski definition) is 0. The number of rotatable bonds is 3. The number of benzene rings is 4. The van der Waals surface area contributed by atoms with E-state index in [2.05, 4.69) is 81.4 Å². The standard InChI is InChI=1S/C34H28O2/c1-32(2,3)34-26-20-12-10-18-24(26)28-29(22-14-6-4-7-15-22)36-31(25-19-11-13-21-27(25)34)33(28,34)30(35)23-16-8-5-9-17-23/h4-21,31H,1-3H3/t31-,33+,34+/m0/s1. The van der Waals surface area contributed by atoms with Crippen molar-refractivity contribution in [3.05, 3.63) is 143 Å². The highest BCUT2D eigenvalue weighted by atomic mass is 16.5. The summed E-state index contributed by atoms with van der Waals surface area (Å²) >= 11 is 0. The zero-order valence-electron chi connectivity index (χ0n) is 20.8. The molecule has 36 heavy (non-hydrogen) atoms. The summed E-state index contributed by atoms with van der Waals surface area (Å²) in [5, 5.41) is 0. The third-order valence-electron chi connectivity index (χ3n) is 8.64. The van der Waals surface area contributed by atoms with E-state index in [1.807, 2.05) is 48.5 Å². The van der Waals surface area contributed by atoms with Crippen LogP contribution < -0.4 is 0 Å². The maximum absolute atomic E-state index is 15.2. The molecule has 0 unspecified atom stereocenters. The first-order valence-corrected chi connectivity index (χ1v) is 12.7. The highest BCUT2D eigenvalue weighted by Crippen LogP contribution is 2.81. The summed E-state index contributed by atoms with van der Waals surface area (Å²) in [6, 6.07) is 37.3. The van der Waals surface area contributed by atoms with Crippen molar-refractivity contribution in [3.63, 3.8) is 0 Å². The molecule has 0 N–H and O–H groups in total. The van der Waals surface area contributed by atoms with Gasteiger partial charge in [0.1, 0.15) is 17.3 Å². The maximum atomic E-state index is 15.2. The number of carbonyl (C=O) groups excluding carboxylic acids is 1. The van der Waals surface area contributed by atoms with Crippen molar-refractivity contribution in [1.82, 2.24) is 0 Å². The maximum Gasteiger partial charge on any atom is 0.178 e. The Kier molecular flexibility index (Phi) is 4.20. The Morgan fingerprint density at radius 1 is 0.722 bits per heavy atom. The van der Waals surface area contributed by atoms with E-state index in [0.717, 1.165) is 33.6 Å². The summed E-state index contributed by atoms with van der Waals surface area (Å²) < 4.78 is 7.01. The zero-order chi connectivity index (χ0) is 24.7. The molecule has 0 radical (unpaired) electrons. The predicted molar refractivity (Wildman–Crippen MR) is 143 cm³/mol. The topological polar surface area (TPSA) is 26.3 Å². The minimum Gasteiger partial charge on any atom is -0.483 e. The molecule has 0 fully saturated rings. The molecule has 3 aliphatic rings. The summed E-state index contributed by atoms with van der Waals surface area (Å²) in [5.74, 6) is 0.967. The highest BCUT2D eigenvalue weighted by Gasteiger charge is 2.79. The SMILES string of the molecule is CC(C)(C)[C@@]12c3ccccc3C3=C(c4ccccc4)O[C@@H](c4ccccc41)[C@]32C(=O)c1ccccc1. The second kappa shape index (κ2) is 7.07. The van der Waals surface area contributed by atoms with E-state index >= 15 is 4.79 Å². The van der Waals surface area contributed by atoms with Crippen LogP contribution in [0.4, 0.5) is 0 Å². The van der Waals surface area contributed by atoms with E-state index in [-0.39, 0.29) is 11.2 Å². The van der Waals surface area contributed by atoms with Gasteiger partial charge >= 0.3 is 0 Å². The molecule has 176 valence electrons. The van der Waals surface area contributed by atoms with Gasteiger partial charge in [-0.15, -0.1) is 0 Å². The van der Waals surface area contributed by atoms with Crippen LogP contribution in [-0.2, 0) is 10.2 Å². The molecule has 4 aromatic carbocycles. The van der Waals surface area contributed by atoms with Crippen LogP contribution in [0.15, 0.2) is 109 Å². The summed E-state index contributed by atoms with van der Waals surface area (Å²) in [4.78, 5) is 15.2. The fourth-order valence-corrected chi connectivity index (χ4v) is 7.68. The lowest BCUT2D eigenvalue weighted by atomic mass is 9.49. The average molecular weight is 469 g/mol. The molecule has 0 amide bonds. The molecule has 2 aliphatic carbocycles. The van der Waals surface area contributed by atoms with Gasteiger partial charge in [-0.1, -0.05) is 130 Å². The molecule has 0 saturated carbocycles. The molecular formula is C34H28O2. The smallest absolute Gasteiger partial charge is 0.178 e. The Bertz CT molecular complexity index is 1560. The van der Waals surface area contributed by atoms with Crippen molar-refractivity contribution in [2.45, 2.75) is 32.3 Å². The third-order valence-corrected chi connectivity index (χ3v) is 8.64. The van der Waals surface area contributed by atoms with Crippen molar-refractivity contribution >= 4 is 17.1 Å². The van der Waals surface area contributed by atoms with E-state index < -0.39 is 16.9 Å². The molecule has 0 bridgehead atoms. The van der Waals surface area contributed by atoms with Gasteiger partial charge in [0.2, 0.25) is 0 Å². The lowest BCUT2D eigenvalue weighted by molar-refractivity contribution is 0.0246. The van der Waals surface area contributed by atoms with Gasteiger partial charge in [-0.05, 0) is 27.7 Å². The zero-order valence-corrected chi connectivity index (χ0v) is 20.8. The first-order chi connectivity index (χ1) is 17.4. The minimum atomic E-state index is -0.912. The molecule has 0 aromatic heterocycles. The summed E-state index contributed by atoms with van der Waals surface area (Å²) in [6.07, 6.45) is -0.404. The summed E-state index contributed by atoms with van der Waals surface area (Å²) in [7, 11) is 0. The summed E-state index contributed by atoms with van der Waals surface area (Å²) in [6.45, 7) is 6.85. The van der Waals surface area contributed by atoms with Gasteiger partial charge in [0, 0.05) is 22.1 Å². The molecule has 1 heterocycles. The molecule has 2 heteroatoms. The molecule has 2 nitrogen and oxygen atoms in total. The van der Waals surface area contributed by atoms with Crippen LogP contribution in [0.1, 0.15) is 65.1 Å². The lowest BCUT2D eigenvalue weighted by Crippen LogP contribution is -2.54. The van der Waals surface area contributed by atoms with Crippen molar-refractivity contribution < 1.29 is 9.53 Å². The largest absolute Gasteiger partial charge is 0.483 e.